The fourth-order valence-corrected chi connectivity index (χ4v) is 3.72. The van der Waals surface area contributed by atoms with Gasteiger partial charge in [0.25, 0.3) is 5.91 Å². The van der Waals surface area contributed by atoms with Crippen molar-refractivity contribution in [3.8, 4) is 0 Å². The van der Waals surface area contributed by atoms with Crippen molar-refractivity contribution < 1.29 is 14.3 Å². The summed E-state index contributed by atoms with van der Waals surface area (Å²) >= 11 is 1.69. The van der Waals surface area contributed by atoms with E-state index in [-0.39, 0.29) is 17.9 Å². The molecule has 5 heteroatoms. The maximum atomic E-state index is 12.6. The Kier molecular flexibility index (Phi) is 5.08. The molecule has 1 amide bonds. The Morgan fingerprint density at radius 3 is 2.87 bits per heavy atom. The number of nitrogens with zero attached hydrogens (tertiary/aromatic N) is 1. The monoisotopic (exact) mass is 331 g/mol. The zero-order valence-corrected chi connectivity index (χ0v) is 14.0. The van der Waals surface area contributed by atoms with Gasteiger partial charge in [-0.3, -0.25) is 4.79 Å². The summed E-state index contributed by atoms with van der Waals surface area (Å²) in [6.45, 7) is 3.07. The van der Waals surface area contributed by atoms with Gasteiger partial charge in [0.2, 0.25) is 0 Å². The third-order valence-corrected chi connectivity index (χ3v) is 5.33. The molecule has 0 spiro atoms. The average Bonchev–Trinajstić information content (AvgIpc) is 3.22. The first-order valence-corrected chi connectivity index (χ1v) is 8.85. The molecule has 1 fully saturated rings. The minimum absolute atomic E-state index is 0.0678. The van der Waals surface area contributed by atoms with E-state index in [1.165, 1.54) is 4.90 Å². The van der Waals surface area contributed by atoms with Gasteiger partial charge in [-0.15, -0.1) is 11.8 Å². The molecule has 2 aromatic rings. The van der Waals surface area contributed by atoms with E-state index in [4.69, 9.17) is 4.42 Å². The van der Waals surface area contributed by atoms with Gasteiger partial charge in [0.15, 0.2) is 5.76 Å². The number of thioether (sulfide) groups is 1. The lowest BCUT2D eigenvalue weighted by Gasteiger charge is -2.17. The van der Waals surface area contributed by atoms with E-state index >= 15 is 0 Å². The number of benzene rings is 1. The summed E-state index contributed by atoms with van der Waals surface area (Å²) in [6, 6.07) is 12.0. The summed E-state index contributed by atoms with van der Waals surface area (Å²) in [5.41, 5.74) is 0.921. The molecule has 2 unspecified atom stereocenters. The second kappa shape index (κ2) is 7.23. The molecule has 1 aromatic carbocycles. The zero-order valence-electron chi connectivity index (χ0n) is 13.1. The van der Waals surface area contributed by atoms with Crippen LogP contribution in [0.2, 0.25) is 0 Å². The lowest BCUT2D eigenvalue weighted by molar-refractivity contribution is 0.0730. The van der Waals surface area contributed by atoms with E-state index in [1.54, 1.807) is 29.8 Å². The number of rotatable bonds is 5. The highest BCUT2D eigenvalue weighted by Gasteiger charge is 2.31. The van der Waals surface area contributed by atoms with E-state index in [9.17, 15) is 9.90 Å². The number of aliphatic hydroxyl groups is 1. The lowest BCUT2D eigenvalue weighted by Crippen LogP contribution is -2.30. The van der Waals surface area contributed by atoms with Crippen molar-refractivity contribution in [3.05, 3.63) is 54.0 Å². The van der Waals surface area contributed by atoms with Gasteiger partial charge in [0, 0.05) is 35.2 Å². The highest BCUT2D eigenvalue weighted by molar-refractivity contribution is 7.98. The largest absolute Gasteiger partial charge is 0.459 e. The number of amides is 1. The maximum Gasteiger partial charge on any atom is 0.289 e. The van der Waals surface area contributed by atoms with Gasteiger partial charge in [-0.25, -0.2) is 0 Å². The third kappa shape index (κ3) is 3.79. The van der Waals surface area contributed by atoms with Crippen LogP contribution in [0, 0.1) is 5.92 Å². The van der Waals surface area contributed by atoms with Crippen molar-refractivity contribution in [1.29, 1.82) is 0 Å². The molecule has 4 nitrogen and oxygen atoms in total. The SMILES string of the molecule is CC(O)C1CCN(C(=O)c2occc2CSc2ccccc2)C1. The van der Waals surface area contributed by atoms with Gasteiger partial charge in [-0.05, 0) is 31.5 Å². The van der Waals surface area contributed by atoms with Gasteiger partial charge in [0.1, 0.15) is 0 Å². The molecular formula is C18H21NO3S. The molecule has 23 heavy (non-hydrogen) atoms. The molecule has 3 rings (SSSR count). The predicted molar refractivity (Wildman–Crippen MR) is 90.4 cm³/mol. The van der Waals surface area contributed by atoms with Crippen LogP contribution in [0.15, 0.2) is 52.0 Å². The summed E-state index contributed by atoms with van der Waals surface area (Å²) < 4.78 is 5.46. The number of furan rings is 1. The van der Waals surface area contributed by atoms with Crippen LogP contribution in [0.4, 0.5) is 0 Å². The van der Waals surface area contributed by atoms with Crippen molar-refractivity contribution in [1.82, 2.24) is 4.90 Å². The molecule has 0 aliphatic carbocycles. The topological polar surface area (TPSA) is 53.7 Å². The van der Waals surface area contributed by atoms with E-state index < -0.39 is 0 Å². The number of carbonyl (C=O) groups is 1. The minimum atomic E-state index is -0.377. The number of likely N-dealkylation sites (tertiary alicyclic amines) is 1. The minimum Gasteiger partial charge on any atom is -0.459 e. The predicted octanol–water partition coefficient (Wildman–Crippen LogP) is 3.41. The molecule has 2 heterocycles. The Morgan fingerprint density at radius 1 is 1.39 bits per heavy atom. The summed E-state index contributed by atoms with van der Waals surface area (Å²) in [7, 11) is 0. The fourth-order valence-electron chi connectivity index (χ4n) is 2.82. The molecule has 1 N–H and O–H groups in total. The van der Waals surface area contributed by atoms with Crippen molar-refractivity contribution in [2.45, 2.75) is 30.1 Å². The van der Waals surface area contributed by atoms with Gasteiger partial charge >= 0.3 is 0 Å². The lowest BCUT2D eigenvalue weighted by atomic mass is 10.0. The second-order valence-corrected chi connectivity index (χ2v) is 6.97. The van der Waals surface area contributed by atoms with E-state index in [0.717, 1.165) is 12.0 Å². The first-order chi connectivity index (χ1) is 11.1. The normalized spacial score (nSPS) is 19.0. The fraction of sp³-hybridized carbons (Fsp3) is 0.389. The standard InChI is InChI=1S/C18H21NO3S/c1-13(20)14-7-9-19(11-14)18(21)17-15(8-10-22-17)12-23-16-5-3-2-4-6-16/h2-6,8,10,13-14,20H,7,9,11-12H2,1H3. The van der Waals surface area contributed by atoms with Crippen LogP contribution in [0.25, 0.3) is 0 Å². The summed E-state index contributed by atoms with van der Waals surface area (Å²) in [5, 5.41) is 9.68. The second-order valence-electron chi connectivity index (χ2n) is 5.92. The molecule has 1 aromatic heterocycles. The molecule has 1 aliphatic rings. The molecular weight excluding hydrogens is 310 g/mol. The molecule has 122 valence electrons. The van der Waals surface area contributed by atoms with Crippen LogP contribution in [-0.4, -0.2) is 35.1 Å². The average molecular weight is 331 g/mol. The Hall–Kier alpha value is -1.72. The number of hydrogen-bond donors (Lipinski definition) is 1. The Labute approximate surface area is 140 Å². The summed E-state index contributed by atoms with van der Waals surface area (Å²) in [5.74, 6) is 1.23. The molecule has 0 bridgehead atoms. The van der Waals surface area contributed by atoms with Crippen LogP contribution in [-0.2, 0) is 5.75 Å². The third-order valence-electron chi connectivity index (χ3n) is 4.27. The van der Waals surface area contributed by atoms with Crippen molar-refractivity contribution in [3.63, 3.8) is 0 Å². The van der Waals surface area contributed by atoms with Crippen LogP contribution in [0.3, 0.4) is 0 Å². The van der Waals surface area contributed by atoms with Gasteiger partial charge in [-0.1, -0.05) is 18.2 Å². The summed E-state index contributed by atoms with van der Waals surface area (Å²) in [4.78, 5) is 15.6. The molecule has 0 radical (unpaired) electrons. The Balaban J connectivity index is 1.65. The van der Waals surface area contributed by atoms with E-state index in [0.29, 0.717) is 24.6 Å². The van der Waals surface area contributed by atoms with Crippen LogP contribution in [0.5, 0.6) is 0 Å². The number of aliphatic hydroxyl groups excluding tert-OH is 1. The number of hydrogen-bond acceptors (Lipinski definition) is 4. The molecule has 1 saturated heterocycles. The maximum absolute atomic E-state index is 12.6. The van der Waals surface area contributed by atoms with E-state index in [1.807, 2.05) is 24.3 Å². The highest BCUT2D eigenvalue weighted by Crippen LogP contribution is 2.27. The first-order valence-electron chi connectivity index (χ1n) is 7.86. The van der Waals surface area contributed by atoms with Crippen LogP contribution >= 0.6 is 11.8 Å². The Bertz CT molecular complexity index is 653. The molecule has 1 aliphatic heterocycles. The van der Waals surface area contributed by atoms with Crippen molar-refractivity contribution >= 4 is 17.7 Å². The van der Waals surface area contributed by atoms with Crippen molar-refractivity contribution in [2.24, 2.45) is 5.92 Å². The van der Waals surface area contributed by atoms with Gasteiger partial charge in [0.05, 0.1) is 12.4 Å². The van der Waals surface area contributed by atoms with Gasteiger partial charge in [-0.2, -0.15) is 0 Å². The summed E-state index contributed by atoms with van der Waals surface area (Å²) in [6.07, 6.45) is 2.05. The highest BCUT2D eigenvalue weighted by atomic mass is 32.2. The first kappa shape index (κ1) is 16.1. The van der Waals surface area contributed by atoms with Crippen LogP contribution < -0.4 is 0 Å². The van der Waals surface area contributed by atoms with Gasteiger partial charge < -0.3 is 14.4 Å². The Morgan fingerprint density at radius 2 is 2.17 bits per heavy atom. The quantitative estimate of drug-likeness (QED) is 0.853. The van der Waals surface area contributed by atoms with E-state index in [2.05, 4.69) is 12.1 Å². The zero-order chi connectivity index (χ0) is 16.2. The molecule has 2 atom stereocenters. The number of carbonyl (C=O) groups excluding carboxylic acids is 1. The smallest absolute Gasteiger partial charge is 0.289 e. The van der Waals surface area contributed by atoms with Crippen LogP contribution in [0.1, 0.15) is 29.5 Å². The molecule has 0 saturated carbocycles. The van der Waals surface area contributed by atoms with Crippen molar-refractivity contribution in [2.75, 3.05) is 13.1 Å².